The average Bonchev–Trinajstić information content (AvgIpc) is 3.44. The Morgan fingerprint density at radius 1 is 1.17 bits per heavy atom. The Morgan fingerprint density at radius 2 is 1.97 bits per heavy atom. The van der Waals surface area contributed by atoms with Gasteiger partial charge in [-0.1, -0.05) is 0 Å². The maximum absolute atomic E-state index is 12.6. The molecule has 0 saturated carbocycles. The van der Waals surface area contributed by atoms with Crippen LogP contribution < -0.4 is 0 Å². The number of nitrogens with zero attached hydrogens (tertiary/aromatic N) is 6. The molecule has 1 amide bonds. The predicted octanol–water partition coefficient (Wildman–Crippen LogP) is 2.54. The summed E-state index contributed by atoms with van der Waals surface area (Å²) in [5, 5.41) is 4.32. The van der Waals surface area contributed by atoms with E-state index < -0.39 is 0 Å². The fourth-order valence-corrected chi connectivity index (χ4v) is 5.12. The van der Waals surface area contributed by atoms with Gasteiger partial charge < -0.3 is 13.9 Å². The lowest BCUT2D eigenvalue weighted by Crippen LogP contribution is -2.59. The van der Waals surface area contributed by atoms with Gasteiger partial charge >= 0.3 is 0 Å². The number of piperidine rings is 1. The van der Waals surface area contributed by atoms with Crippen molar-refractivity contribution in [1.82, 2.24) is 29.1 Å². The molecule has 8 nitrogen and oxygen atoms in total. The zero-order valence-electron chi connectivity index (χ0n) is 17.8. The molecule has 2 aliphatic rings. The number of carbonyl (C=O) groups excluding carboxylic acids is 1. The van der Waals surface area contributed by atoms with E-state index in [1.807, 2.05) is 43.3 Å². The maximum atomic E-state index is 12.6. The number of aryl methyl sites for hydroxylation is 2. The third-order valence-corrected chi connectivity index (χ3v) is 6.58. The van der Waals surface area contributed by atoms with Crippen molar-refractivity contribution in [3.8, 4) is 11.3 Å². The van der Waals surface area contributed by atoms with Gasteiger partial charge in [0, 0.05) is 51.9 Å². The number of hydrogen-bond acceptors (Lipinski definition) is 5. The summed E-state index contributed by atoms with van der Waals surface area (Å²) in [6.07, 6.45) is 7.58. The zero-order valence-corrected chi connectivity index (χ0v) is 17.8. The van der Waals surface area contributed by atoms with Gasteiger partial charge in [-0.05, 0) is 31.9 Å². The van der Waals surface area contributed by atoms with E-state index in [0.717, 1.165) is 67.6 Å². The molecule has 1 saturated heterocycles. The van der Waals surface area contributed by atoms with Gasteiger partial charge in [0.15, 0.2) is 0 Å². The number of amides is 1. The van der Waals surface area contributed by atoms with E-state index in [4.69, 9.17) is 9.40 Å². The number of fused-ring (bicyclic) bond motifs is 2. The summed E-state index contributed by atoms with van der Waals surface area (Å²) in [4.78, 5) is 21.9. The topological polar surface area (TPSA) is 72.3 Å². The monoisotopic (exact) mass is 408 g/mol. The SMILES string of the molecule is CC(=O)N1CCn2c(-c3cnn(C)c3)cnc2C12CCN(Cc1ccc(C)o1)CC2. The highest BCUT2D eigenvalue weighted by atomic mass is 16.3. The Bertz CT molecular complexity index is 1070. The molecule has 0 atom stereocenters. The van der Waals surface area contributed by atoms with Gasteiger partial charge in [-0.3, -0.25) is 14.4 Å². The zero-order chi connectivity index (χ0) is 20.9. The molecule has 3 aromatic rings. The first-order valence-corrected chi connectivity index (χ1v) is 10.6. The van der Waals surface area contributed by atoms with Gasteiger partial charge in [-0.25, -0.2) is 4.98 Å². The van der Waals surface area contributed by atoms with Crippen molar-refractivity contribution in [3.63, 3.8) is 0 Å². The predicted molar refractivity (Wildman–Crippen MR) is 111 cm³/mol. The second kappa shape index (κ2) is 7.12. The fraction of sp³-hybridized carbons (Fsp3) is 0.500. The third-order valence-electron chi connectivity index (χ3n) is 6.58. The molecular formula is C22H28N6O2. The molecular weight excluding hydrogens is 380 g/mol. The van der Waals surface area contributed by atoms with Crippen LogP contribution in [0.5, 0.6) is 0 Å². The molecule has 1 spiro atoms. The molecule has 0 unspecified atom stereocenters. The molecule has 0 aliphatic carbocycles. The standard InChI is InChI=1S/C22H28N6O2/c1-16-4-5-19(30-16)15-26-8-6-22(7-9-26)21-23-13-20(18-12-24-25(3)14-18)27(21)10-11-28(22)17(2)29/h4-5,12-14H,6-11,15H2,1-3H3. The molecule has 30 heavy (non-hydrogen) atoms. The summed E-state index contributed by atoms with van der Waals surface area (Å²) >= 11 is 0. The van der Waals surface area contributed by atoms with Crippen molar-refractivity contribution in [2.45, 2.75) is 45.3 Å². The lowest BCUT2D eigenvalue weighted by atomic mass is 9.83. The Hall–Kier alpha value is -2.87. The Balaban J connectivity index is 1.44. The van der Waals surface area contributed by atoms with Gasteiger partial charge in [0.2, 0.25) is 5.91 Å². The van der Waals surface area contributed by atoms with Gasteiger partial charge in [0.05, 0.1) is 24.6 Å². The van der Waals surface area contributed by atoms with E-state index in [1.165, 1.54) is 0 Å². The molecule has 5 rings (SSSR count). The molecule has 0 bridgehead atoms. The van der Waals surface area contributed by atoms with Crippen LogP contribution in [0.3, 0.4) is 0 Å². The van der Waals surface area contributed by atoms with E-state index >= 15 is 0 Å². The van der Waals surface area contributed by atoms with Crippen LogP contribution in [-0.2, 0) is 30.5 Å². The summed E-state index contributed by atoms with van der Waals surface area (Å²) in [5.41, 5.74) is 1.79. The fourth-order valence-electron chi connectivity index (χ4n) is 5.12. The first kappa shape index (κ1) is 19.1. The molecule has 3 aromatic heterocycles. The number of hydrogen-bond donors (Lipinski definition) is 0. The minimum atomic E-state index is -0.347. The summed E-state index contributed by atoms with van der Waals surface area (Å²) < 4.78 is 9.87. The van der Waals surface area contributed by atoms with Crippen molar-refractivity contribution in [2.24, 2.45) is 7.05 Å². The summed E-state index contributed by atoms with van der Waals surface area (Å²) in [6, 6.07) is 4.06. The van der Waals surface area contributed by atoms with E-state index in [9.17, 15) is 4.79 Å². The van der Waals surface area contributed by atoms with Crippen LogP contribution in [0.2, 0.25) is 0 Å². The van der Waals surface area contributed by atoms with Gasteiger partial charge in [0.25, 0.3) is 0 Å². The van der Waals surface area contributed by atoms with Crippen molar-refractivity contribution < 1.29 is 9.21 Å². The minimum absolute atomic E-state index is 0.127. The van der Waals surface area contributed by atoms with Crippen LogP contribution in [0, 0.1) is 6.92 Å². The van der Waals surface area contributed by atoms with Crippen molar-refractivity contribution in [3.05, 3.63) is 48.1 Å². The van der Waals surface area contributed by atoms with E-state index in [1.54, 1.807) is 6.92 Å². The van der Waals surface area contributed by atoms with Crippen LogP contribution in [0.4, 0.5) is 0 Å². The number of furan rings is 1. The third kappa shape index (κ3) is 3.06. The summed E-state index contributed by atoms with van der Waals surface area (Å²) in [7, 11) is 1.92. The first-order chi connectivity index (χ1) is 14.5. The van der Waals surface area contributed by atoms with Gasteiger partial charge in [0.1, 0.15) is 22.9 Å². The van der Waals surface area contributed by atoms with E-state index in [2.05, 4.69) is 25.5 Å². The largest absolute Gasteiger partial charge is 0.465 e. The van der Waals surface area contributed by atoms with E-state index in [0.29, 0.717) is 6.54 Å². The van der Waals surface area contributed by atoms with E-state index in [-0.39, 0.29) is 11.4 Å². The Labute approximate surface area is 176 Å². The van der Waals surface area contributed by atoms with Gasteiger partial charge in [-0.2, -0.15) is 5.10 Å². The Kier molecular flexibility index (Phi) is 4.54. The van der Waals surface area contributed by atoms with Crippen LogP contribution in [0.25, 0.3) is 11.3 Å². The number of carbonyl (C=O) groups is 1. The first-order valence-electron chi connectivity index (χ1n) is 10.6. The summed E-state index contributed by atoms with van der Waals surface area (Å²) in [6.45, 7) is 7.73. The lowest BCUT2D eigenvalue weighted by Gasteiger charge is -2.50. The minimum Gasteiger partial charge on any atom is -0.465 e. The molecule has 0 radical (unpaired) electrons. The maximum Gasteiger partial charge on any atom is 0.220 e. The molecule has 2 aliphatic heterocycles. The quantitative estimate of drug-likeness (QED) is 0.666. The van der Waals surface area contributed by atoms with Crippen LogP contribution >= 0.6 is 0 Å². The number of imidazole rings is 1. The summed E-state index contributed by atoms with van der Waals surface area (Å²) in [5.74, 6) is 3.08. The Morgan fingerprint density at radius 3 is 2.60 bits per heavy atom. The van der Waals surface area contributed by atoms with Crippen LogP contribution in [0.15, 0.2) is 35.1 Å². The lowest BCUT2D eigenvalue weighted by molar-refractivity contribution is -0.141. The van der Waals surface area contributed by atoms with Crippen LogP contribution in [0.1, 0.15) is 37.1 Å². The molecule has 1 fully saturated rings. The van der Waals surface area contributed by atoms with Crippen LogP contribution in [-0.4, -0.2) is 54.7 Å². The van der Waals surface area contributed by atoms with Crippen molar-refractivity contribution in [2.75, 3.05) is 19.6 Å². The number of likely N-dealkylation sites (tertiary alicyclic amines) is 1. The molecule has 5 heterocycles. The number of aromatic nitrogens is 4. The normalized spacial score (nSPS) is 18.7. The molecule has 158 valence electrons. The highest BCUT2D eigenvalue weighted by Crippen LogP contribution is 2.42. The van der Waals surface area contributed by atoms with Gasteiger partial charge in [-0.15, -0.1) is 0 Å². The average molecular weight is 409 g/mol. The second-order valence-corrected chi connectivity index (χ2v) is 8.51. The highest BCUT2D eigenvalue weighted by molar-refractivity contribution is 5.75. The molecule has 0 N–H and O–H groups in total. The van der Waals surface area contributed by atoms with Crippen molar-refractivity contribution in [1.29, 1.82) is 0 Å². The second-order valence-electron chi connectivity index (χ2n) is 8.51. The smallest absolute Gasteiger partial charge is 0.220 e. The number of rotatable bonds is 3. The molecule has 0 aromatic carbocycles. The highest BCUT2D eigenvalue weighted by Gasteiger charge is 2.48. The molecule has 8 heteroatoms. The van der Waals surface area contributed by atoms with Crippen molar-refractivity contribution >= 4 is 5.91 Å².